The van der Waals surface area contributed by atoms with E-state index in [0.717, 1.165) is 22.4 Å². The molecule has 0 aliphatic rings. The lowest BCUT2D eigenvalue weighted by molar-refractivity contribution is 0.281. The van der Waals surface area contributed by atoms with E-state index in [2.05, 4.69) is 9.97 Å². The molecule has 4 nitrogen and oxygen atoms in total. The molecule has 17 heavy (non-hydrogen) atoms. The van der Waals surface area contributed by atoms with Crippen molar-refractivity contribution in [3.8, 4) is 5.82 Å². The molecule has 0 aliphatic heterocycles. The zero-order valence-electron chi connectivity index (χ0n) is 9.11. The Morgan fingerprint density at radius 3 is 2.71 bits per heavy atom. The number of pyridine rings is 1. The highest BCUT2D eigenvalue weighted by Crippen LogP contribution is 2.16. The number of benzene rings is 1. The van der Waals surface area contributed by atoms with E-state index in [9.17, 15) is 0 Å². The highest BCUT2D eigenvalue weighted by molar-refractivity contribution is 5.76. The van der Waals surface area contributed by atoms with Gasteiger partial charge in [0.2, 0.25) is 0 Å². The van der Waals surface area contributed by atoms with E-state index in [1.54, 1.807) is 12.5 Å². The van der Waals surface area contributed by atoms with Crippen LogP contribution in [0.1, 0.15) is 5.56 Å². The van der Waals surface area contributed by atoms with Gasteiger partial charge >= 0.3 is 0 Å². The first-order valence-electron chi connectivity index (χ1n) is 5.37. The molecule has 3 aromatic rings. The quantitative estimate of drug-likeness (QED) is 0.724. The third-order valence-corrected chi connectivity index (χ3v) is 2.69. The molecular formula is C13H11N3O. The molecule has 1 aromatic carbocycles. The van der Waals surface area contributed by atoms with Gasteiger partial charge in [0, 0.05) is 6.20 Å². The summed E-state index contributed by atoms with van der Waals surface area (Å²) < 4.78 is 1.93. The highest BCUT2D eigenvalue weighted by atomic mass is 16.3. The van der Waals surface area contributed by atoms with Crippen molar-refractivity contribution in [3.63, 3.8) is 0 Å². The number of aromatic nitrogens is 3. The van der Waals surface area contributed by atoms with Crippen molar-refractivity contribution in [1.29, 1.82) is 0 Å². The van der Waals surface area contributed by atoms with Crippen LogP contribution in [0.15, 0.2) is 48.9 Å². The maximum Gasteiger partial charge on any atom is 0.138 e. The summed E-state index contributed by atoms with van der Waals surface area (Å²) in [6.07, 6.45) is 3.43. The minimum Gasteiger partial charge on any atom is -0.392 e. The smallest absolute Gasteiger partial charge is 0.138 e. The van der Waals surface area contributed by atoms with Crippen LogP contribution in [-0.4, -0.2) is 19.6 Å². The molecule has 84 valence electrons. The molecule has 0 aliphatic carbocycles. The zero-order valence-corrected chi connectivity index (χ0v) is 9.11. The number of para-hydroxylation sites is 2. The van der Waals surface area contributed by atoms with Crippen LogP contribution in [0.4, 0.5) is 0 Å². The van der Waals surface area contributed by atoms with Crippen LogP contribution in [0, 0.1) is 0 Å². The van der Waals surface area contributed by atoms with Crippen molar-refractivity contribution in [2.45, 2.75) is 6.61 Å². The Bertz CT molecular complexity index is 643. The Labute approximate surface area is 98.2 Å². The first kappa shape index (κ1) is 9.99. The van der Waals surface area contributed by atoms with E-state index >= 15 is 0 Å². The fourth-order valence-corrected chi connectivity index (χ4v) is 1.79. The number of rotatable bonds is 2. The molecule has 0 bridgehead atoms. The molecule has 2 heterocycles. The average molecular weight is 225 g/mol. The molecule has 0 spiro atoms. The van der Waals surface area contributed by atoms with Crippen molar-refractivity contribution in [2.75, 3.05) is 0 Å². The van der Waals surface area contributed by atoms with Crippen molar-refractivity contribution < 1.29 is 5.11 Å². The third-order valence-electron chi connectivity index (χ3n) is 2.69. The second kappa shape index (κ2) is 3.99. The Hall–Kier alpha value is -2.20. The molecule has 0 saturated carbocycles. The van der Waals surface area contributed by atoms with E-state index in [1.807, 2.05) is 41.0 Å². The second-order valence-corrected chi connectivity index (χ2v) is 3.79. The third kappa shape index (κ3) is 1.68. The summed E-state index contributed by atoms with van der Waals surface area (Å²) in [5.74, 6) is 0.802. The fraction of sp³-hybridized carbons (Fsp3) is 0.0769. The molecule has 0 fully saturated rings. The normalized spacial score (nSPS) is 10.9. The minimum atomic E-state index is 0.0119. The van der Waals surface area contributed by atoms with Gasteiger partial charge in [-0.1, -0.05) is 18.2 Å². The number of nitrogens with zero attached hydrogens (tertiary/aromatic N) is 3. The summed E-state index contributed by atoms with van der Waals surface area (Å²) in [7, 11) is 0. The molecule has 1 N–H and O–H groups in total. The lowest BCUT2D eigenvalue weighted by atomic mass is 10.3. The lowest BCUT2D eigenvalue weighted by Crippen LogP contribution is -1.96. The summed E-state index contributed by atoms with van der Waals surface area (Å²) >= 11 is 0. The molecule has 0 atom stereocenters. The van der Waals surface area contributed by atoms with Gasteiger partial charge in [-0.05, 0) is 23.8 Å². The Balaban J connectivity index is 2.13. The molecule has 0 saturated heterocycles. The van der Waals surface area contributed by atoms with Crippen molar-refractivity contribution in [1.82, 2.24) is 14.5 Å². The molecule has 3 rings (SSSR count). The Morgan fingerprint density at radius 1 is 1.06 bits per heavy atom. The molecule has 0 unspecified atom stereocenters. The summed E-state index contributed by atoms with van der Waals surface area (Å²) in [4.78, 5) is 8.62. The van der Waals surface area contributed by atoms with Crippen LogP contribution >= 0.6 is 0 Å². The highest BCUT2D eigenvalue weighted by Gasteiger charge is 2.04. The van der Waals surface area contributed by atoms with Crippen molar-refractivity contribution in [2.24, 2.45) is 0 Å². The molecular weight excluding hydrogens is 214 g/mol. The molecule has 4 heteroatoms. The SMILES string of the molecule is OCc1ccc(-n2cnc3ccccc32)nc1. The maximum absolute atomic E-state index is 8.97. The predicted octanol–water partition coefficient (Wildman–Crippen LogP) is 1.91. The summed E-state index contributed by atoms with van der Waals surface area (Å²) in [6.45, 7) is 0.0119. The van der Waals surface area contributed by atoms with Gasteiger partial charge in [0.05, 0.1) is 17.6 Å². The van der Waals surface area contributed by atoms with Gasteiger partial charge in [0.1, 0.15) is 12.1 Å². The van der Waals surface area contributed by atoms with E-state index in [4.69, 9.17) is 5.11 Å². The van der Waals surface area contributed by atoms with E-state index < -0.39 is 0 Å². The number of fused-ring (bicyclic) bond motifs is 1. The second-order valence-electron chi connectivity index (χ2n) is 3.79. The monoisotopic (exact) mass is 225 g/mol. The first-order valence-corrected chi connectivity index (χ1v) is 5.37. The number of aliphatic hydroxyl groups excluding tert-OH is 1. The van der Waals surface area contributed by atoms with Crippen LogP contribution < -0.4 is 0 Å². The fourth-order valence-electron chi connectivity index (χ4n) is 1.79. The zero-order chi connectivity index (χ0) is 11.7. The standard InChI is InChI=1S/C13H11N3O/c17-8-10-5-6-13(14-7-10)16-9-15-11-3-1-2-4-12(11)16/h1-7,9,17H,8H2. The van der Waals surface area contributed by atoms with E-state index in [-0.39, 0.29) is 6.61 Å². The van der Waals surface area contributed by atoms with Gasteiger partial charge < -0.3 is 5.11 Å². The predicted molar refractivity (Wildman–Crippen MR) is 64.8 cm³/mol. The molecule has 0 radical (unpaired) electrons. The van der Waals surface area contributed by atoms with Crippen molar-refractivity contribution in [3.05, 3.63) is 54.5 Å². The molecule has 0 amide bonds. The maximum atomic E-state index is 8.97. The number of imidazole rings is 1. The van der Waals surface area contributed by atoms with Crippen LogP contribution in [0.3, 0.4) is 0 Å². The van der Waals surface area contributed by atoms with Gasteiger partial charge in [0.25, 0.3) is 0 Å². The summed E-state index contributed by atoms with van der Waals surface area (Å²) in [5, 5.41) is 8.97. The van der Waals surface area contributed by atoms with Gasteiger partial charge in [-0.3, -0.25) is 4.57 Å². The molecule has 2 aromatic heterocycles. The lowest BCUT2D eigenvalue weighted by Gasteiger charge is -2.03. The van der Waals surface area contributed by atoms with Gasteiger partial charge in [-0.2, -0.15) is 0 Å². The Kier molecular flexibility index (Phi) is 2.34. The van der Waals surface area contributed by atoms with Crippen LogP contribution in [0.5, 0.6) is 0 Å². The summed E-state index contributed by atoms with van der Waals surface area (Å²) in [5.41, 5.74) is 2.77. The van der Waals surface area contributed by atoms with E-state index in [0.29, 0.717) is 0 Å². The van der Waals surface area contributed by atoms with Crippen molar-refractivity contribution >= 4 is 11.0 Å². The number of hydrogen-bond donors (Lipinski definition) is 1. The average Bonchev–Trinajstić information content (AvgIpc) is 2.83. The van der Waals surface area contributed by atoms with Gasteiger partial charge in [0.15, 0.2) is 0 Å². The van der Waals surface area contributed by atoms with Gasteiger partial charge in [-0.25, -0.2) is 9.97 Å². The summed E-state index contributed by atoms with van der Waals surface area (Å²) in [6, 6.07) is 11.6. The minimum absolute atomic E-state index is 0.0119. The number of hydrogen-bond acceptors (Lipinski definition) is 3. The first-order chi connectivity index (χ1) is 8.38. The van der Waals surface area contributed by atoms with Crippen LogP contribution in [-0.2, 0) is 6.61 Å². The van der Waals surface area contributed by atoms with Gasteiger partial charge in [-0.15, -0.1) is 0 Å². The largest absolute Gasteiger partial charge is 0.392 e. The topological polar surface area (TPSA) is 50.9 Å². The van der Waals surface area contributed by atoms with Crippen LogP contribution in [0.2, 0.25) is 0 Å². The number of aliphatic hydroxyl groups is 1. The van der Waals surface area contributed by atoms with E-state index in [1.165, 1.54) is 0 Å². The van der Waals surface area contributed by atoms with Crippen LogP contribution in [0.25, 0.3) is 16.9 Å². The Morgan fingerprint density at radius 2 is 1.94 bits per heavy atom.